The van der Waals surface area contributed by atoms with E-state index in [0.717, 1.165) is 0 Å². The molecular formula is C17H11ClFNO2. The smallest absolute Gasteiger partial charge is 0.260 e. The third kappa shape index (κ3) is 2.49. The Labute approximate surface area is 131 Å². The van der Waals surface area contributed by atoms with Crippen molar-refractivity contribution in [2.24, 2.45) is 0 Å². The Morgan fingerprint density at radius 2 is 1.68 bits per heavy atom. The monoisotopic (exact) mass is 315 g/mol. The Bertz CT molecular complexity index is 859. The summed E-state index contributed by atoms with van der Waals surface area (Å²) in [5.41, 5.74) is 0.263. The quantitative estimate of drug-likeness (QED) is 0.726. The predicted octanol–water partition coefficient (Wildman–Crippen LogP) is 4.59. The van der Waals surface area contributed by atoms with Gasteiger partial charge in [-0.1, -0.05) is 41.9 Å². The number of carbonyl (C=O) groups excluding carboxylic acids is 1. The van der Waals surface area contributed by atoms with Gasteiger partial charge in [-0.3, -0.25) is 4.79 Å². The van der Waals surface area contributed by atoms with Crippen LogP contribution < -0.4 is 5.32 Å². The van der Waals surface area contributed by atoms with E-state index >= 15 is 0 Å². The molecule has 0 unspecified atom stereocenters. The van der Waals surface area contributed by atoms with Crippen LogP contribution in [0.3, 0.4) is 0 Å². The fourth-order valence-electron chi connectivity index (χ4n) is 2.30. The summed E-state index contributed by atoms with van der Waals surface area (Å²) in [5, 5.41) is 13.8. The van der Waals surface area contributed by atoms with Gasteiger partial charge in [-0.05, 0) is 24.3 Å². The van der Waals surface area contributed by atoms with E-state index in [1.807, 2.05) is 0 Å². The van der Waals surface area contributed by atoms with Crippen molar-refractivity contribution in [2.45, 2.75) is 0 Å². The third-order valence-corrected chi connectivity index (χ3v) is 3.65. The number of amides is 1. The van der Waals surface area contributed by atoms with E-state index in [9.17, 15) is 14.3 Å². The summed E-state index contributed by atoms with van der Waals surface area (Å²) in [5.74, 6) is -1.22. The van der Waals surface area contributed by atoms with Gasteiger partial charge in [0.15, 0.2) is 0 Å². The number of aromatic hydroxyl groups is 1. The van der Waals surface area contributed by atoms with Gasteiger partial charge >= 0.3 is 0 Å². The lowest BCUT2D eigenvalue weighted by molar-refractivity contribution is 0.102. The number of phenolic OH excluding ortho intramolecular Hbond substituents is 1. The molecule has 0 aliphatic rings. The highest BCUT2D eigenvalue weighted by molar-refractivity contribution is 6.34. The molecule has 0 fully saturated rings. The first-order valence-electron chi connectivity index (χ1n) is 6.54. The number of nitrogens with one attached hydrogen (secondary N) is 1. The summed E-state index contributed by atoms with van der Waals surface area (Å²) >= 11 is 5.89. The maximum absolute atomic E-state index is 13.8. The SMILES string of the molecule is O=C(Nc1cccc2c(O)cccc12)c1c(F)cccc1Cl. The number of benzene rings is 3. The van der Waals surface area contributed by atoms with Crippen LogP contribution in [0.4, 0.5) is 10.1 Å². The molecule has 0 aromatic heterocycles. The number of fused-ring (bicyclic) bond motifs is 1. The number of phenols is 1. The van der Waals surface area contributed by atoms with Crippen molar-refractivity contribution in [1.29, 1.82) is 0 Å². The first kappa shape index (κ1) is 14.4. The van der Waals surface area contributed by atoms with Crippen LogP contribution in [0.15, 0.2) is 54.6 Å². The number of rotatable bonds is 2. The Morgan fingerprint density at radius 3 is 2.45 bits per heavy atom. The highest BCUT2D eigenvalue weighted by atomic mass is 35.5. The van der Waals surface area contributed by atoms with Crippen LogP contribution in [0, 0.1) is 5.82 Å². The largest absolute Gasteiger partial charge is 0.507 e. The van der Waals surface area contributed by atoms with Crippen molar-refractivity contribution >= 4 is 34.0 Å². The topological polar surface area (TPSA) is 49.3 Å². The molecule has 22 heavy (non-hydrogen) atoms. The normalized spacial score (nSPS) is 10.6. The maximum Gasteiger partial charge on any atom is 0.260 e. The summed E-state index contributed by atoms with van der Waals surface area (Å²) in [7, 11) is 0. The third-order valence-electron chi connectivity index (χ3n) is 3.34. The van der Waals surface area contributed by atoms with E-state index < -0.39 is 11.7 Å². The lowest BCUT2D eigenvalue weighted by Gasteiger charge is -2.11. The molecule has 5 heteroatoms. The zero-order chi connectivity index (χ0) is 15.7. The molecule has 0 aliphatic carbocycles. The zero-order valence-electron chi connectivity index (χ0n) is 11.3. The van der Waals surface area contributed by atoms with Crippen LogP contribution >= 0.6 is 11.6 Å². The Kier molecular flexibility index (Phi) is 3.69. The van der Waals surface area contributed by atoms with Gasteiger partial charge in [0.25, 0.3) is 5.91 Å². The van der Waals surface area contributed by atoms with E-state index in [1.54, 1.807) is 36.4 Å². The Balaban J connectivity index is 2.04. The number of hydrogen-bond acceptors (Lipinski definition) is 2. The molecule has 0 radical (unpaired) electrons. The van der Waals surface area contributed by atoms with E-state index in [1.165, 1.54) is 18.2 Å². The molecule has 3 aromatic rings. The van der Waals surface area contributed by atoms with E-state index in [4.69, 9.17) is 11.6 Å². The van der Waals surface area contributed by atoms with Crippen LogP contribution in [0.5, 0.6) is 5.75 Å². The van der Waals surface area contributed by atoms with Gasteiger partial charge in [-0.25, -0.2) is 4.39 Å². The average molecular weight is 316 g/mol. The van der Waals surface area contributed by atoms with Gasteiger partial charge in [0, 0.05) is 16.5 Å². The number of halogens is 2. The minimum absolute atomic E-state index is 0.0422. The van der Waals surface area contributed by atoms with Crippen LogP contribution in [0.1, 0.15) is 10.4 Å². The van der Waals surface area contributed by atoms with E-state index in [0.29, 0.717) is 16.5 Å². The molecule has 0 bridgehead atoms. The van der Waals surface area contributed by atoms with Crippen molar-refractivity contribution in [1.82, 2.24) is 0 Å². The number of hydrogen-bond donors (Lipinski definition) is 2. The van der Waals surface area contributed by atoms with Gasteiger partial charge in [-0.2, -0.15) is 0 Å². The fraction of sp³-hybridized carbons (Fsp3) is 0. The summed E-state index contributed by atoms with van der Waals surface area (Å²) in [6.45, 7) is 0. The minimum Gasteiger partial charge on any atom is -0.507 e. The first-order chi connectivity index (χ1) is 10.6. The van der Waals surface area contributed by atoms with E-state index in [2.05, 4.69) is 5.32 Å². The van der Waals surface area contributed by atoms with Crippen molar-refractivity contribution in [2.75, 3.05) is 5.32 Å². The van der Waals surface area contributed by atoms with Gasteiger partial charge in [0.05, 0.1) is 10.6 Å². The molecule has 2 N–H and O–H groups in total. The average Bonchev–Trinajstić information content (AvgIpc) is 2.48. The molecule has 3 rings (SSSR count). The summed E-state index contributed by atoms with van der Waals surface area (Å²) in [6, 6.07) is 14.2. The lowest BCUT2D eigenvalue weighted by atomic mass is 10.1. The van der Waals surface area contributed by atoms with Crippen molar-refractivity contribution in [3.63, 3.8) is 0 Å². The highest BCUT2D eigenvalue weighted by Gasteiger charge is 2.16. The van der Waals surface area contributed by atoms with Crippen molar-refractivity contribution in [3.8, 4) is 5.75 Å². The van der Waals surface area contributed by atoms with Crippen LogP contribution in [-0.4, -0.2) is 11.0 Å². The number of anilines is 1. The summed E-state index contributed by atoms with van der Waals surface area (Å²) in [6.07, 6.45) is 0. The molecular weight excluding hydrogens is 305 g/mol. The molecule has 3 aromatic carbocycles. The second kappa shape index (κ2) is 5.66. The summed E-state index contributed by atoms with van der Waals surface area (Å²) < 4.78 is 13.8. The maximum atomic E-state index is 13.8. The minimum atomic E-state index is -0.687. The molecule has 3 nitrogen and oxygen atoms in total. The highest BCUT2D eigenvalue weighted by Crippen LogP contribution is 2.30. The van der Waals surface area contributed by atoms with E-state index in [-0.39, 0.29) is 16.3 Å². The molecule has 0 atom stereocenters. The van der Waals surface area contributed by atoms with Crippen molar-refractivity contribution in [3.05, 3.63) is 71.0 Å². The van der Waals surface area contributed by atoms with Gasteiger partial charge < -0.3 is 10.4 Å². The standard InChI is InChI=1S/C17H11ClFNO2/c18-12-6-3-7-13(19)16(12)17(22)20-14-8-1-5-11-10(14)4-2-9-15(11)21/h1-9,21H,(H,20,22). The van der Waals surface area contributed by atoms with Crippen LogP contribution in [0.2, 0.25) is 5.02 Å². The molecule has 0 heterocycles. The molecule has 0 aliphatic heterocycles. The van der Waals surface area contributed by atoms with Gasteiger partial charge in [0.1, 0.15) is 11.6 Å². The second-order valence-electron chi connectivity index (χ2n) is 4.73. The van der Waals surface area contributed by atoms with Crippen molar-refractivity contribution < 1.29 is 14.3 Å². The molecule has 0 saturated carbocycles. The van der Waals surface area contributed by atoms with Gasteiger partial charge in [-0.15, -0.1) is 0 Å². The molecule has 110 valence electrons. The van der Waals surface area contributed by atoms with Crippen LogP contribution in [0.25, 0.3) is 10.8 Å². The van der Waals surface area contributed by atoms with Crippen LogP contribution in [-0.2, 0) is 0 Å². The molecule has 0 spiro atoms. The fourth-order valence-corrected chi connectivity index (χ4v) is 2.55. The zero-order valence-corrected chi connectivity index (χ0v) is 12.1. The predicted molar refractivity (Wildman–Crippen MR) is 85.0 cm³/mol. The first-order valence-corrected chi connectivity index (χ1v) is 6.92. The molecule has 0 saturated heterocycles. The molecule has 1 amide bonds. The Morgan fingerprint density at radius 1 is 1.00 bits per heavy atom. The lowest BCUT2D eigenvalue weighted by Crippen LogP contribution is -2.14. The van der Waals surface area contributed by atoms with Gasteiger partial charge in [0.2, 0.25) is 0 Å². The second-order valence-corrected chi connectivity index (χ2v) is 5.14. The summed E-state index contributed by atoms with van der Waals surface area (Å²) in [4.78, 5) is 12.3. The number of carbonyl (C=O) groups is 1. The Hall–Kier alpha value is -2.59.